The molecule has 8 nitrogen and oxygen atoms in total. The van der Waals surface area contributed by atoms with Gasteiger partial charge < -0.3 is 14.2 Å². The average Bonchev–Trinajstić information content (AvgIpc) is 2.95. The number of carbonyl (C=O) groups excluding carboxylic acids is 2. The van der Waals surface area contributed by atoms with E-state index in [1.165, 1.54) is 18.5 Å². The van der Waals surface area contributed by atoms with E-state index in [4.69, 9.17) is 14.2 Å². The molecule has 1 aromatic rings. The molecule has 22 heavy (non-hydrogen) atoms. The summed E-state index contributed by atoms with van der Waals surface area (Å²) in [5.41, 5.74) is 0.270. The van der Waals surface area contributed by atoms with Crippen LogP contribution >= 0.6 is 0 Å². The van der Waals surface area contributed by atoms with Crippen molar-refractivity contribution in [1.29, 1.82) is 0 Å². The van der Waals surface area contributed by atoms with Crippen molar-refractivity contribution in [2.45, 2.75) is 39.2 Å². The van der Waals surface area contributed by atoms with E-state index >= 15 is 0 Å². The van der Waals surface area contributed by atoms with Crippen molar-refractivity contribution in [3.05, 3.63) is 24.0 Å². The first kappa shape index (κ1) is 16.3. The summed E-state index contributed by atoms with van der Waals surface area (Å²) >= 11 is 0. The van der Waals surface area contributed by atoms with Crippen LogP contribution < -0.4 is 0 Å². The van der Waals surface area contributed by atoms with Crippen molar-refractivity contribution >= 4 is 11.8 Å². The molecule has 0 spiro atoms. The molecule has 0 aliphatic carbocycles. The average molecular weight is 309 g/mol. The fourth-order valence-electron chi connectivity index (χ4n) is 2.07. The van der Waals surface area contributed by atoms with Crippen LogP contribution in [0.1, 0.15) is 37.3 Å². The summed E-state index contributed by atoms with van der Waals surface area (Å²) < 4.78 is 17.7. The maximum atomic E-state index is 11.3. The van der Waals surface area contributed by atoms with Gasteiger partial charge >= 0.3 is 5.97 Å². The van der Waals surface area contributed by atoms with Crippen LogP contribution in [0.5, 0.6) is 0 Å². The van der Waals surface area contributed by atoms with E-state index in [1.54, 1.807) is 12.3 Å². The molecule has 8 heteroatoms. The Balaban J connectivity index is 2.18. The van der Waals surface area contributed by atoms with Gasteiger partial charge in [0.2, 0.25) is 0 Å². The lowest BCUT2D eigenvalue weighted by Gasteiger charge is -2.31. The highest BCUT2D eigenvalue weighted by Crippen LogP contribution is 2.24. The van der Waals surface area contributed by atoms with Gasteiger partial charge in [0.05, 0.1) is 6.20 Å². The lowest BCUT2D eigenvalue weighted by molar-refractivity contribution is -0.177. The normalized spacial score (nSPS) is 24.2. The van der Waals surface area contributed by atoms with E-state index in [0.717, 1.165) is 0 Å². The van der Waals surface area contributed by atoms with Crippen molar-refractivity contribution in [1.82, 2.24) is 15.0 Å². The van der Waals surface area contributed by atoms with Gasteiger partial charge in [-0.2, -0.15) is 0 Å². The minimum atomic E-state index is -0.502. The Morgan fingerprint density at radius 3 is 2.73 bits per heavy atom. The molecular weight excluding hydrogens is 290 g/mol. The third-order valence-electron chi connectivity index (χ3n) is 3.11. The van der Waals surface area contributed by atoms with Gasteiger partial charge in [-0.3, -0.25) is 9.59 Å². The van der Waals surface area contributed by atoms with Gasteiger partial charge in [-0.15, -0.1) is 5.10 Å². The van der Waals surface area contributed by atoms with E-state index in [9.17, 15) is 9.59 Å². The lowest BCUT2D eigenvalue weighted by Crippen LogP contribution is -2.38. The third kappa shape index (κ3) is 3.99. The second-order valence-electron chi connectivity index (χ2n) is 4.82. The maximum Gasteiger partial charge on any atom is 0.302 e. The number of ketones is 1. The summed E-state index contributed by atoms with van der Waals surface area (Å²) in [6, 6.07) is -0.336. The molecule has 2 rings (SSSR count). The first-order valence-corrected chi connectivity index (χ1v) is 7.02. The predicted octanol–water partition coefficient (Wildman–Crippen LogP) is 0.902. The Morgan fingerprint density at radius 2 is 2.14 bits per heavy atom. The van der Waals surface area contributed by atoms with Crippen LogP contribution in [-0.2, 0) is 19.0 Å². The van der Waals surface area contributed by atoms with Gasteiger partial charge in [-0.1, -0.05) is 11.3 Å². The molecule has 0 amide bonds. The molecule has 3 atom stereocenters. The fraction of sp³-hybridized carbons (Fsp3) is 0.571. The molecule has 0 radical (unpaired) electrons. The highest BCUT2D eigenvalue weighted by Gasteiger charge is 2.31. The van der Waals surface area contributed by atoms with Crippen molar-refractivity contribution in [2.24, 2.45) is 0 Å². The van der Waals surface area contributed by atoms with E-state index in [1.807, 2.05) is 13.0 Å². The largest absolute Gasteiger partial charge is 0.463 e. The monoisotopic (exact) mass is 309 g/mol. The molecule has 1 aliphatic heterocycles. The van der Waals surface area contributed by atoms with Crippen LogP contribution in [0.25, 0.3) is 0 Å². The standard InChI is InChI=1S/C14H19N3O5/c1-4-20-14-6-5-12(13(22-14)8-21-10(3)19)17-7-11(9(2)18)15-16-17/h5-7,12-14H,4,8H2,1-3H3/t12-,13+,14-/m0/s1. The van der Waals surface area contributed by atoms with E-state index < -0.39 is 18.4 Å². The van der Waals surface area contributed by atoms with E-state index in [-0.39, 0.29) is 24.1 Å². The van der Waals surface area contributed by atoms with Crippen LogP contribution in [-0.4, -0.2) is 52.4 Å². The number of esters is 1. The summed E-state index contributed by atoms with van der Waals surface area (Å²) in [6.45, 7) is 5.17. The minimum Gasteiger partial charge on any atom is -0.463 e. The molecule has 1 aliphatic rings. The zero-order valence-electron chi connectivity index (χ0n) is 12.8. The Kier molecular flexibility index (Phi) is 5.40. The molecule has 0 fully saturated rings. The zero-order chi connectivity index (χ0) is 16.1. The molecular formula is C14H19N3O5. The molecule has 1 aromatic heterocycles. The molecule has 0 saturated heterocycles. The predicted molar refractivity (Wildman–Crippen MR) is 75.1 cm³/mol. The smallest absolute Gasteiger partial charge is 0.302 e. The molecule has 120 valence electrons. The molecule has 0 aromatic carbocycles. The zero-order valence-corrected chi connectivity index (χ0v) is 12.8. The van der Waals surface area contributed by atoms with Crippen LogP contribution in [0.2, 0.25) is 0 Å². The number of hydrogen-bond acceptors (Lipinski definition) is 7. The van der Waals surface area contributed by atoms with E-state index in [0.29, 0.717) is 6.61 Å². The first-order valence-electron chi connectivity index (χ1n) is 7.02. The Labute approximate surface area is 128 Å². The summed E-state index contributed by atoms with van der Waals surface area (Å²) in [5, 5.41) is 7.75. The number of hydrogen-bond donors (Lipinski definition) is 0. The second kappa shape index (κ2) is 7.28. The van der Waals surface area contributed by atoms with Crippen molar-refractivity contribution < 1.29 is 23.8 Å². The minimum absolute atomic E-state index is 0.0587. The summed E-state index contributed by atoms with van der Waals surface area (Å²) in [4.78, 5) is 22.3. The Morgan fingerprint density at radius 1 is 1.36 bits per heavy atom. The molecule has 0 N–H and O–H groups in total. The number of aromatic nitrogens is 3. The topological polar surface area (TPSA) is 92.5 Å². The van der Waals surface area contributed by atoms with Gasteiger partial charge in [0.15, 0.2) is 12.1 Å². The molecule has 0 bridgehead atoms. The quantitative estimate of drug-likeness (QED) is 0.438. The maximum absolute atomic E-state index is 11.3. The number of Topliss-reactive ketones (excluding diaryl/α,β-unsaturated/α-hetero) is 1. The van der Waals surface area contributed by atoms with Gasteiger partial charge in [0.1, 0.15) is 24.4 Å². The van der Waals surface area contributed by atoms with E-state index in [2.05, 4.69) is 10.3 Å². The Bertz CT molecular complexity index is 569. The summed E-state index contributed by atoms with van der Waals surface area (Å²) in [6.07, 6.45) is 4.16. The van der Waals surface area contributed by atoms with Crippen molar-refractivity contribution in [3.63, 3.8) is 0 Å². The van der Waals surface area contributed by atoms with Gasteiger partial charge in [-0.05, 0) is 13.0 Å². The summed E-state index contributed by atoms with van der Waals surface area (Å²) in [5.74, 6) is -0.566. The number of carbonyl (C=O) groups is 2. The molecule has 0 saturated carbocycles. The van der Waals surface area contributed by atoms with Crippen LogP contribution in [0, 0.1) is 0 Å². The fourth-order valence-corrected chi connectivity index (χ4v) is 2.07. The van der Waals surface area contributed by atoms with Crippen molar-refractivity contribution in [3.8, 4) is 0 Å². The highest BCUT2D eigenvalue weighted by molar-refractivity contribution is 5.91. The molecule has 0 unspecified atom stereocenters. The van der Waals surface area contributed by atoms with Crippen LogP contribution in [0.15, 0.2) is 18.3 Å². The summed E-state index contributed by atoms with van der Waals surface area (Å²) in [7, 11) is 0. The van der Waals surface area contributed by atoms with Crippen LogP contribution in [0.4, 0.5) is 0 Å². The number of rotatable bonds is 6. The lowest BCUT2D eigenvalue weighted by atomic mass is 10.1. The second-order valence-corrected chi connectivity index (χ2v) is 4.82. The van der Waals surface area contributed by atoms with Crippen molar-refractivity contribution in [2.75, 3.05) is 13.2 Å². The van der Waals surface area contributed by atoms with Crippen LogP contribution in [0.3, 0.4) is 0 Å². The van der Waals surface area contributed by atoms with Gasteiger partial charge in [-0.25, -0.2) is 4.68 Å². The first-order chi connectivity index (χ1) is 10.5. The Hall–Kier alpha value is -2.06. The SMILES string of the molecule is CCO[C@@H]1C=C[C@H](n2cc(C(C)=O)nn2)[C@@H](COC(C)=O)O1. The third-order valence-corrected chi connectivity index (χ3v) is 3.11. The molecule has 2 heterocycles. The number of ether oxygens (including phenoxy) is 3. The van der Waals surface area contributed by atoms with Gasteiger partial charge in [0, 0.05) is 20.5 Å². The van der Waals surface area contributed by atoms with Gasteiger partial charge in [0.25, 0.3) is 0 Å². The number of nitrogens with zero attached hydrogens (tertiary/aromatic N) is 3. The highest BCUT2D eigenvalue weighted by atomic mass is 16.7.